The van der Waals surface area contributed by atoms with Gasteiger partial charge < -0.3 is 15.0 Å². The second-order valence-electron chi connectivity index (χ2n) is 8.73. The van der Waals surface area contributed by atoms with E-state index in [2.05, 4.69) is 26.9 Å². The van der Waals surface area contributed by atoms with Gasteiger partial charge in [0.05, 0.1) is 17.2 Å². The number of fused-ring (bicyclic) bond motifs is 2. The third-order valence-electron chi connectivity index (χ3n) is 6.71. The lowest BCUT2D eigenvalue weighted by Gasteiger charge is -2.26. The molecule has 0 atom stereocenters. The number of rotatable bonds is 4. The van der Waals surface area contributed by atoms with Crippen LogP contribution >= 0.6 is 0 Å². The number of primary amides is 1. The average molecular weight is 455 g/mol. The maximum atomic E-state index is 13.8. The SMILES string of the molecule is NC(=O)c1ccc(-c2c(C3CCOCC3)n(-c3ccc(F)cc3)c3cc4cn[nH]c4cc23)cc1. The van der Waals surface area contributed by atoms with Crippen LogP contribution in [0.4, 0.5) is 4.39 Å². The zero-order valence-corrected chi connectivity index (χ0v) is 18.4. The van der Waals surface area contributed by atoms with Gasteiger partial charge in [0, 0.05) is 52.4 Å². The first-order valence-electron chi connectivity index (χ1n) is 11.4. The molecule has 0 spiro atoms. The normalized spacial score (nSPS) is 14.7. The Kier molecular flexibility index (Phi) is 4.92. The minimum absolute atomic E-state index is 0.258. The summed E-state index contributed by atoms with van der Waals surface area (Å²) in [6.45, 7) is 1.39. The van der Waals surface area contributed by atoms with E-state index in [4.69, 9.17) is 10.5 Å². The quantitative estimate of drug-likeness (QED) is 0.386. The highest BCUT2D eigenvalue weighted by molar-refractivity contribution is 6.06. The van der Waals surface area contributed by atoms with Gasteiger partial charge in [0.25, 0.3) is 0 Å². The number of benzene rings is 3. The first-order chi connectivity index (χ1) is 16.6. The van der Waals surface area contributed by atoms with Gasteiger partial charge in [-0.15, -0.1) is 0 Å². The molecule has 1 saturated heterocycles. The lowest BCUT2D eigenvalue weighted by Crippen LogP contribution is -2.17. The van der Waals surface area contributed by atoms with Crippen molar-refractivity contribution in [3.8, 4) is 16.8 Å². The van der Waals surface area contributed by atoms with Gasteiger partial charge in [0.15, 0.2) is 0 Å². The van der Waals surface area contributed by atoms with Gasteiger partial charge in [0.1, 0.15) is 5.82 Å². The molecule has 3 heterocycles. The van der Waals surface area contributed by atoms with Crippen LogP contribution in [0.2, 0.25) is 0 Å². The van der Waals surface area contributed by atoms with E-state index in [9.17, 15) is 9.18 Å². The van der Waals surface area contributed by atoms with E-state index in [-0.39, 0.29) is 11.7 Å². The van der Waals surface area contributed by atoms with Crippen molar-refractivity contribution >= 4 is 27.7 Å². The van der Waals surface area contributed by atoms with Crippen LogP contribution in [0.3, 0.4) is 0 Å². The summed E-state index contributed by atoms with van der Waals surface area (Å²) in [5.41, 5.74) is 12.1. The third-order valence-corrected chi connectivity index (χ3v) is 6.71. The molecule has 0 radical (unpaired) electrons. The number of aromatic amines is 1. The van der Waals surface area contributed by atoms with E-state index in [0.29, 0.717) is 18.8 Å². The number of halogens is 1. The van der Waals surface area contributed by atoms with Crippen LogP contribution in [0.15, 0.2) is 66.9 Å². The van der Waals surface area contributed by atoms with E-state index in [1.165, 1.54) is 12.1 Å². The minimum atomic E-state index is -0.455. The van der Waals surface area contributed by atoms with Crippen molar-refractivity contribution < 1.29 is 13.9 Å². The monoisotopic (exact) mass is 454 g/mol. The van der Waals surface area contributed by atoms with Crippen molar-refractivity contribution in [2.45, 2.75) is 18.8 Å². The number of carbonyl (C=O) groups excluding carboxylic acids is 1. The topological polar surface area (TPSA) is 85.9 Å². The molecule has 0 bridgehead atoms. The largest absolute Gasteiger partial charge is 0.381 e. The van der Waals surface area contributed by atoms with Gasteiger partial charge in [-0.2, -0.15) is 5.10 Å². The predicted molar refractivity (Wildman–Crippen MR) is 130 cm³/mol. The molecule has 170 valence electrons. The highest BCUT2D eigenvalue weighted by Crippen LogP contribution is 2.44. The van der Waals surface area contributed by atoms with Gasteiger partial charge in [-0.3, -0.25) is 9.89 Å². The van der Waals surface area contributed by atoms with Crippen LogP contribution in [-0.2, 0) is 4.74 Å². The van der Waals surface area contributed by atoms with Crippen molar-refractivity contribution in [2.24, 2.45) is 5.73 Å². The number of carbonyl (C=O) groups is 1. The molecule has 0 saturated carbocycles. The molecule has 0 aliphatic carbocycles. The van der Waals surface area contributed by atoms with E-state index in [1.807, 2.05) is 30.5 Å². The molecule has 1 aliphatic heterocycles. The van der Waals surface area contributed by atoms with Crippen LogP contribution < -0.4 is 5.73 Å². The minimum Gasteiger partial charge on any atom is -0.381 e. The second kappa shape index (κ2) is 8.11. The zero-order valence-electron chi connectivity index (χ0n) is 18.4. The van der Waals surface area contributed by atoms with Crippen molar-refractivity contribution in [3.05, 3.63) is 83.9 Å². The fourth-order valence-corrected chi connectivity index (χ4v) is 5.07. The van der Waals surface area contributed by atoms with E-state index in [1.54, 1.807) is 12.1 Å². The molecule has 1 fully saturated rings. The third kappa shape index (κ3) is 3.36. The number of amides is 1. The molecule has 3 aromatic carbocycles. The number of nitrogens with zero attached hydrogens (tertiary/aromatic N) is 2. The number of H-pyrrole nitrogens is 1. The van der Waals surface area contributed by atoms with Crippen molar-refractivity contribution in [1.29, 1.82) is 0 Å². The van der Waals surface area contributed by atoms with Gasteiger partial charge >= 0.3 is 0 Å². The summed E-state index contributed by atoms with van der Waals surface area (Å²) in [6, 6.07) is 18.3. The summed E-state index contributed by atoms with van der Waals surface area (Å²) in [6.07, 6.45) is 3.60. The van der Waals surface area contributed by atoms with Gasteiger partial charge in [0.2, 0.25) is 5.91 Å². The molecule has 5 aromatic rings. The summed E-state index contributed by atoms with van der Waals surface area (Å²) >= 11 is 0. The lowest BCUT2D eigenvalue weighted by atomic mass is 9.89. The Morgan fingerprint density at radius 1 is 1.06 bits per heavy atom. The molecule has 7 heteroatoms. The number of hydrogen-bond acceptors (Lipinski definition) is 3. The fourth-order valence-electron chi connectivity index (χ4n) is 5.07. The Hall–Kier alpha value is -3.97. The van der Waals surface area contributed by atoms with Gasteiger partial charge in [-0.1, -0.05) is 12.1 Å². The standard InChI is InChI=1S/C27H23FN4O2/c28-20-5-7-21(8-6-20)32-24-13-19-15-30-31-23(19)14-22(24)25(26(32)17-9-11-34-12-10-17)16-1-3-18(4-2-16)27(29)33/h1-8,13-15,17H,9-12H2,(H2,29,33)(H,30,31). The second-order valence-corrected chi connectivity index (χ2v) is 8.73. The first-order valence-corrected chi connectivity index (χ1v) is 11.4. The van der Waals surface area contributed by atoms with Crippen LogP contribution in [0, 0.1) is 5.82 Å². The zero-order chi connectivity index (χ0) is 23.2. The average Bonchev–Trinajstić information content (AvgIpc) is 3.45. The van der Waals surface area contributed by atoms with E-state index in [0.717, 1.165) is 57.2 Å². The summed E-state index contributed by atoms with van der Waals surface area (Å²) < 4.78 is 21.8. The number of hydrogen-bond donors (Lipinski definition) is 2. The Bertz CT molecular complexity index is 1510. The predicted octanol–water partition coefficient (Wildman–Crippen LogP) is 5.31. The fraction of sp³-hybridized carbons (Fsp3) is 0.185. The van der Waals surface area contributed by atoms with Crippen molar-refractivity contribution in [2.75, 3.05) is 13.2 Å². The maximum Gasteiger partial charge on any atom is 0.248 e. The van der Waals surface area contributed by atoms with Crippen LogP contribution in [-0.4, -0.2) is 33.9 Å². The molecule has 6 nitrogen and oxygen atoms in total. The Balaban J connectivity index is 1.71. The van der Waals surface area contributed by atoms with E-state index < -0.39 is 5.91 Å². The molecule has 0 unspecified atom stereocenters. The molecule has 3 N–H and O–H groups in total. The van der Waals surface area contributed by atoms with Gasteiger partial charge in [-0.25, -0.2) is 4.39 Å². The number of ether oxygens (including phenoxy) is 1. The highest BCUT2D eigenvalue weighted by Gasteiger charge is 2.28. The number of nitrogens with two attached hydrogens (primary N) is 1. The summed E-state index contributed by atoms with van der Waals surface area (Å²) in [4.78, 5) is 11.7. The molecular weight excluding hydrogens is 431 g/mol. The van der Waals surface area contributed by atoms with Gasteiger partial charge in [-0.05, 0) is 66.9 Å². The van der Waals surface area contributed by atoms with Crippen LogP contribution in [0.1, 0.15) is 34.8 Å². The molecular formula is C27H23FN4O2. The number of nitrogens with one attached hydrogen (secondary N) is 1. The maximum absolute atomic E-state index is 13.8. The van der Waals surface area contributed by atoms with Crippen molar-refractivity contribution in [1.82, 2.24) is 14.8 Å². The Morgan fingerprint density at radius 3 is 2.50 bits per heavy atom. The van der Waals surface area contributed by atoms with Crippen molar-refractivity contribution in [3.63, 3.8) is 0 Å². The molecule has 1 aliphatic rings. The molecule has 6 rings (SSSR count). The van der Waals surface area contributed by atoms with Crippen LogP contribution in [0.5, 0.6) is 0 Å². The smallest absolute Gasteiger partial charge is 0.248 e. The lowest BCUT2D eigenvalue weighted by molar-refractivity contribution is 0.0843. The van der Waals surface area contributed by atoms with E-state index >= 15 is 0 Å². The molecule has 34 heavy (non-hydrogen) atoms. The Labute approximate surface area is 195 Å². The summed E-state index contributed by atoms with van der Waals surface area (Å²) in [5.74, 6) is -0.468. The first kappa shape index (κ1) is 20.6. The molecule has 1 amide bonds. The number of aromatic nitrogens is 3. The summed E-state index contributed by atoms with van der Waals surface area (Å²) in [7, 11) is 0. The highest BCUT2D eigenvalue weighted by atomic mass is 19.1. The molecule has 2 aromatic heterocycles. The Morgan fingerprint density at radius 2 is 1.79 bits per heavy atom. The van der Waals surface area contributed by atoms with Crippen LogP contribution in [0.25, 0.3) is 38.6 Å². The summed E-state index contributed by atoms with van der Waals surface area (Å²) in [5, 5.41) is 9.36.